The summed E-state index contributed by atoms with van der Waals surface area (Å²) in [6, 6.07) is 12.8. The van der Waals surface area contributed by atoms with Gasteiger partial charge in [-0.2, -0.15) is 0 Å². The quantitative estimate of drug-likeness (QED) is 0.368. The van der Waals surface area contributed by atoms with Crippen molar-refractivity contribution in [3.05, 3.63) is 62.6 Å². The monoisotopic (exact) mass is 353 g/mol. The molecule has 0 saturated heterocycles. The van der Waals surface area contributed by atoms with E-state index in [1.54, 1.807) is 23.9 Å². The Bertz CT molecular complexity index is 637. The smallest absolute Gasteiger partial charge is 0.293 e. The molecule has 0 aliphatic carbocycles. The Balaban J connectivity index is 2.16. The maximum absolute atomic E-state index is 11.0. The summed E-state index contributed by atoms with van der Waals surface area (Å²) >= 11 is 5.09. The van der Waals surface area contributed by atoms with E-state index in [1.165, 1.54) is 0 Å². The number of thioether (sulfide) groups is 1. The average molecular weight is 354 g/mol. The van der Waals surface area contributed by atoms with Gasteiger partial charge in [-0.05, 0) is 39.7 Å². The molecule has 0 spiro atoms. The lowest BCUT2D eigenvalue weighted by Crippen LogP contribution is -2.09. The van der Waals surface area contributed by atoms with Gasteiger partial charge in [-0.15, -0.1) is 11.8 Å². The molecule has 0 aliphatic heterocycles. The minimum Gasteiger partial charge on any atom is -0.318 e. The highest BCUT2D eigenvalue weighted by Crippen LogP contribution is 2.32. The van der Waals surface area contributed by atoms with Crippen molar-refractivity contribution in [2.45, 2.75) is 10.6 Å². The van der Waals surface area contributed by atoms with Crippen LogP contribution in [0.25, 0.3) is 0 Å². The Morgan fingerprint density at radius 1 is 1.30 bits per heavy atom. The van der Waals surface area contributed by atoms with Crippen molar-refractivity contribution >= 4 is 39.1 Å². The van der Waals surface area contributed by atoms with Gasteiger partial charge in [0.25, 0.3) is 5.69 Å². The van der Waals surface area contributed by atoms with E-state index in [0.717, 1.165) is 14.9 Å². The standard InChI is InChI=1S/C13H12BrN3O2S/c14-10-3-1-2-4-13(10)20-8-9-5-6-11(16-15)12(7-9)17(18)19/h1-7,16H,8,15H2. The molecule has 0 amide bonds. The second-order valence-electron chi connectivity index (χ2n) is 3.97. The van der Waals surface area contributed by atoms with Crippen LogP contribution in [0.15, 0.2) is 51.8 Å². The average Bonchev–Trinajstić information content (AvgIpc) is 2.46. The van der Waals surface area contributed by atoms with E-state index < -0.39 is 4.92 Å². The summed E-state index contributed by atoms with van der Waals surface area (Å²) in [5.74, 6) is 5.90. The fourth-order valence-electron chi connectivity index (χ4n) is 1.66. The van der Waals surface area contributed by atoms with Gasteiger partial charge >= 0.3 is 0 Å². The van der Waals surface area contributed by atoms with Gasteiger partial charge < -0.3 is 5.43 Å². The van der Waals surface area contributed by atoms with Crippen LogP contribution in [0.4, 0.5) is 11.4 Å². The summed E-state index contributed by atoms with van der Waals surface area (Å²) < 4.78 is 1.01. The highest BCUT2D eigenvalue weighted by molar-refractivity contribution is 9.10. The summed E-state index contributed by atoms with van der Waals surface area (Å²) in [6.45, 7) is 0. The molecule has 7 heteroatoms. The SMILES string of the molecule is NNc1ccc(CSc2ccccc2Br)cc1[N+](=O)[O-]. The Kier molecular flexibility index (Phi) is 4.99. The van der Waals surface area contributed by atoms with Crippen LogP contribution in [0.5, 0.6) is 0 Å². The lowest BCUT2D eigenvalue weighted by molar-refractivity contribution is -0.384. The molecule has 104 valence electrons. The van der Waals surface area contributed by atoms with E-state index in [2.05, 4.69) is 21.4 Å². The number of nitrogens with one attached hydrogen (secondary N) is 1. The molecule has 2 aromatic carbocycles. The van der Waals surface area contributed by atoms with Gasteiger partial charge in [0.1, 0.15) is 5.69 Å². The summed E-state index contributed by atoms with van der Waals surface area (Å²) in [5, 5.41) is 11.0. The highest BCUT2D eigenvalue weighted by Gasteiger charge is 2.13. The first-order valence-electron chi connectivity index (χ1n) is 5.73. The van der Waals surface area contributed by atoms with Crippen LogP contribution >= 0.6 is 27.7 Å². The number of nitro benzene ring substituents is 1. The predicted octanol–water partition coefficient (Wildman–Crippen LogP) is 3.94. The van der Waals surface area contributed by atoms with Gasteiger partial charge in [0.15, 0.2) is 0 Å². The molecule has 0 atom stereocenters. The molecule has 0 heterocycles. The van der Waals surface area contributed by atoms with Gasteiger partial charge in [-0.1, -0.05) is 18.2 Å². The van der Waals surface area contributed by atoms with E-state index in [1.807, 2.05) is 30.3 Å². The number of hydrogen-bond acceptors (Lipinski definition) is 5. The number of halogens is 1. The molecule has 20 heavy (non-hydrogen) atoms. The maximum atomic E-state index is 11.0. The number of hydrogen-bond donors (Lipinski definition) is 2. The van der Waals surface area contributed by atoms with E-state index in [4.69, 9.17) is 5.84 Å². The van der Waals surface area contributed by atoms with Gasteiger partial charge in [-0.25, -0.2) is 0 Å². The molecule has 2 aromatic rings. The molecule has 3 N–H and O–H groups in total. The van der Waals surface area contributed by atoms with E-state index in [-0.39, 0.29) is 5.69 Å². The fraction of sp³-hybridized carbons (Fsp3) is 0.0769. The Labute approximate surface area is 128 Å². The van der Waals surface area contributed by atoms with Crippen molar-refractivity contribution in [3.63, 3.8) is 0 Å². The van der Waals surface area contributed by atoms with E-state index in [0.29, 0.717) is 11.4 Å². The van der Waals surface area contributed by atoms with Crippen LogP contribution in [0.1, 0.15) is 5.56 Å². The lowest BCUT2D eigenvalue weighted by atomic mass is 10.2. The van der Waals surface area contributed by atoms with Gasteiger partial charge in [0.2, 0.25) is 0 Å². The zero-order valence-corrected chi connectivity index (χ0v) is 12.8. The Morgan fingerprint density at radius 3 is 2.70 bits per heavy atom. The number of anilines is 1. The predicted molar refractivity (Wildman–Crippen MR) is 84.6 cm³/mol. The van der Waals surface area contributed by atoms with Crippen LogP contribution in [0.3, 0.4) is 0 Å². The van der Waals surface area contributed by atoms with E-state index >= 15 is 0 Å². The molecule has 0 aliphatic rings. The number of benzene rings is 2. The van der Waals surface area contributed by atoms with Crippen molar-refractivity contribution in [1.82, 2.24) is 0 Å². The van der Waals surface area contributed by atoms with Crippen molar-refractivity contribution < 1.29 is 4.92 Å². The third kappa shape index (κ3) is 3.50. The highest BCUT2D eigenvalue weighted by atomic mass is 79.9. The minimum absolute atomic E-state index is 0.0160. The van der Waals surface area contributed by atoms with Crippen LogP contribution in [0.2, 0.25) is 0 Å². The minimum atomic E-state index is -0.443. The second-order valence-corrected chi connectivity index (χ2v) is 5.84. The first-order valence-corrected chi connectivity index (χ1v) is 7.51. The summed E-state index contributed by atoms with van der Waals surface area (Å²) in [6.07, 6.45) is 0. The normalized spacial score (nSPS) is 10.3. The van der Waals surface area contributed by atoms with Crippen molar-refractivity contribution in [2.24, 2.45) is 5.84 Å². The number of nitrogens with zero attached hydrogens (tertiary/aromatic N) is 1. The van der Waals surface area contributed by atoms with Crippen LogP contribution < -0.4 is 11.3 Å². The molecular weight excluding hydrogens is 342 g/mol. The van der Waals surface area contributed by atoms with E-state index in [9.17, 15) is 10.1 Å². The number of nitrogens with two attached hydrogens (primary N) is 1. The summed E-state index contributed by atoms with van der Waals surface area (Å²) in [7, 11) is 0. The first-order chi connectivity index (χ1) is 9.61. The van der Waals surface area contributed by atoms with Crippen LogP contribution in [-0.2, 0) is 5.75 Å². The number of rotatable bonds is 5. The fourth-order valence-corrected chi connectivity index (χ4v) is 3.17. The number of nitro groups is 1. The maximum Gasteiger partial charge on any atom is 0.293 e. The Hall–Kier alpha value is -1.57. The molecule has 0 radical (unpaired) electrons. The van der Waals surface area contributed by atoms with Crippen molar-refractivity contribution in [1.29, 1.82) is 0 Å². The largest absolute Gasteiger partial charge is 0.318 e. The third-order valence-corrected chi connectivity index (χ3v) is 4.74. The molecule has 2 rings (SSSR count). The lowest BCUT2D eigenvalue weighted by Gasteiger charge is -2.06. The first kappa shape index (κ1) is 14.8. The van der Waals surface area contributed by atoms with Gasteiger partial charge in [-0.3, -0.25) is 16.0 Å². The van der Waals surface area contributed by atoms with Crippen LogP contribution in [-0.4, -0.2) is 4.92 Å². The molecule has 0 aromatic heterocycles. The zero-order valence-electron chi connectivity index (χ0n) is 10.4. The summed E-state index contributed by atoms with van der Waals surface area (Å²) in [4.78, 5) is 11.6. The number of nitrogen functional groups attached to an aromatic ring is 1. The molecule has 0 fully saturated rings. The molecule has 0 unspecified atom stereocenters. The number of hydrazine groups is 1. The zero-order chi connectivity index (χ0) is 14.5. The molecule has 0 saturated carbocycles. The van der Waals surface area contributed by atoms with Crippen LogP contribution in [0, 0.1) is 10.1 Å². The molecule has 5 nitrogen and oxygen atoms in total. The topological polar surface area (TPSA) is 81.2 Å². The third-order valence-electron chi connectivity index (χ3n) is 2.65. The molecular formula is C13H12BrN3O2S. The summed E-state index contributed by atoms with van der Waals surface area (Å²) in [5.41, 5.74) is 3.50. The van der Waals surface area contributed by atoms with Crippen molar-refractivity contribution in [2.75, 3.05) is 5.43 Å². The second kappa shape index (κ2) is 6.74. The van der Waals surface area contributed by atoms with Gasteiger partial charge in [0.05, 0.1) is 4.92 Å². The van der Waals surface area contributed by atoms with Crippen molar-refractivity contribution in [3.8, 4) is 0 Å². The molecule has 0 bridgehead atoms. The van der Waals surface area contributed by atoms with Gasteiger partial charge in [0, 0.05) is 21.2 Å². The Morgan fingerprint density at radius 2 is 2.05 bits per heavy atom.